The molecule has 0 amide bonds. The summed E-state index contributed by atoms with van der Waals surface area (Å²) in [6.07, 6.45) is 3.33. The molecule has 0 atom stereocenters. The number of allylic oxidation sites excluding steroid dienone is 8. The van der Waals surface area contributed by atoms with E-state index in [-0.39, 0.29) is 86.5 Å². The number of hydrogen-bond acceptors (Lipinski definition) is 2. The van der Waals surface area contributed by atoms with E-state index in [4.69, 9.17) is 11.0 Å². The molecule has 0 saturated heterocycles. The predicted octanol–water partition coefficient (Wildman–Crippen LogP) is 6.31. The zero-order valence-corrected chi connectivity index (χ0v) is 14.4. The van der Waals surface area contributed by atoms with Crippen LogP contribution < -0.4 is 0 Å². The first-order valence-corrected chi connectivity index (χ1v) is 8.21. The molecule has 0 aromatic rings. The van der Waals surface area contributed by atoms with Gasteiger partial charge in [-0.25, -0.2) is 0 Å². The van der Waals surface area contributed by atoms with Crippen LogP contribution in [0.1, 0.15) is 82.1 Å². The number of carbonyl (C=O) groups is 1. The van der Waals surface area contributed by atoms with Gasteiger partial charge in [0.1, 0.15) is 0 Å². The lowest BCUT2D eigenvalue weighted by molar-refractivity contribution is -0.140. The first-order chi connectivity index (χ1) is 14.5. The number of ether oxygens (including phenoxy) is 1. The predicted molar refractivity (Wildman–Crippen MR) is 100 cm³/mol. The van der Waals surface area contributed by atoms with Crippen molar-refractivity contribution in [1.82, 2.24) is 0 Å². The van der Waals surface area contributed by atoms with Gasteiger partial charge in [0.2, 0.25) is 0 Å². The molecule has 130 valence electrons. The van der Waals surface area contributed by atoms with Gasteiger partial charge in [0.15, 0.2) is 0 Å². The minimum Gasteiger partial charge on any atom is -0.469 e. The van der Waals surface area contributed by atoms with E-state index in [1.807, 2.05) is 6.92 Å². The topological polar surface area (TPSA) is 26.3 Å². The quantitative estimate of drug-likeness (QED) is 0.212. The summed E-state index contributed by atoms with van der Waals surface area (Å²) in [5.74, 6) is -0.390. The second-order valence-electron chi connectivity index (χ2n) is 4.83. The molecule has 0 saturated carbocycles. The monoisotopic (exact) mass is 326 g/mol. The van der Waals surface area contributed by atoms with E-state index in [2.05, 4.69) is 4.74 Å². The summed E-state index contributed by atoms with van der Waals surface area (Å²) >= 11 is 0. The molecule has 0 aliphatic carbocycles. The number of esters is 1. The maximum atomic E-state index is 11.1. The normalized spacial score (nSPS) is 20.6. The Hall–Kier alpha value is -1.57. The lowest BCUT2D eigenvalue weighted by atomic mass is 10.2. The van der Waals surface area contributed by atoms with E-state index in [9.17, 15) is 4.79 Å². The third kappa shape index (κ3) is 18.4. The molecule has 0 aromatic heterocycles. The van der Waals surface area contributed by atoms with Gasteiger partial charge in [0, 0.05) is 6.42 Å². The molecule has 0 bridgehead atoms. The molecular weight excluding hydrogens is 284 g/mol. The summed E-state index contributed by atoms with van der Waals surface area (Å²) in [5.41, 5.74) is 0. The van der Waals surface area contributed by atoms with E-state index in [0.717, 1.165) is 19.3 Å². The molecule has 0 aliphatic rings. The van der Waals surface area contributed by atoms with Gasteiger partial charge in [-0.1, -0.05) is 68.2 Å². The van der Waals surface area contributed by atoms with Crippen molar-refractivity contribution in [3.8, 4) is 0 Å². The highest BCUT2D eigenvalue weighted by Gasteiger charge is 1.96. The summed E-state index contributed by atoms with van der Waals surface area (Å²) in [5, 5.41) is 0. The zero-order chi connectivity index (χ0) is 24.0. The number of unbranched alkanes of at least 4 members (excludes halogenated alkanes) is 2. The molecule has 0 aromatic carbocycles. The minimum absolute atomic E-state index is 0.00496. The minimum atomic E-state index is -0.390. The molecule has 2 nitrogen and oxygen atoms in total. The maximum absolute atomic E-state index is 11.1. The smallest absolute Gasteiger partial charge is 0.305 e. The molecule has 0 heterocycles. The van der Waals surface area contributed by atoms with E-state index in [0.29, 0.717) is 12.8 Å². The number of rotatable bonds is 14. The lowest BCUT2D eigenvalue weighted by Crippen LogP contribution is -1.98. The first kappa shape index (κ1) is 11.1. The van der Waals surface area contributed by atoms with Crippen LogP contribution in [0, 0.1) is 0 Å². The van der Waals surface area contributed by atoms with Crippen molar-refractivity contribution in [1.29, 1.82) is 0 Å². The van der Waals surface area contributed by atoms with Crippen molar-refractivity contribution >= 4 is 5.97 Å². The van der Waals surface area contributed by atoms with Gasteiger partial charge in [0.05, 0.1) is 18.1 Å². The van der Waals surface area contributed by atoms with Crippen LogP contribution in [0.2, 0.25) is 0 Å². The van der Waals surface area contributed by atoms with Gasteiger partial charge in [-0.05, 0) is 44.9 Å². The van der Waals surface area contributed by atoms with Crippen LogP contribution >= 0.6 is 0 Å². The Morgan fingerprint density at radius 3 is 1.78 bits per heavy atom. The fourth-order valence-corrected chi connectivity index (χ4v) is 1.57. The molecular formula is C21H34O2. The first-order valence-electron chi connectivity index (χ1n) is 12.2. The van der Waals surface area contributed by atoms with E-state index in [1.54, 1.807) is 0 Å². The van der Waals surface area contributed by atoms with Gasteiger partial charge in [-0.15, -0.1) is 0 Å². The fraction of sp³-hybridized carbons (Fsp3) is 0.571. The highest BCUT2D eigenvalue weighted by atomic mass is 16.5. The summed E-state index contributed by atoms with van der Waals surface area (Å²) in [7, 11) is 1.28. The number of hydrogen-bond donors (Lipinski definition) is 0. The molecule has 0 radical (unpaired) electrons. The third-order valence-electron chi connectivity index (χ3n) is 2.85. The second kappa shape index (κ2) is 18.5. The van der Waals surface area contributed by atoms with Crippen molar-refractivity contribution < 1.29 is 20.5 Å². The zero-order valence-electron chi connectivity index (χ0n) is 22.4. The SMILES string of the molecule is [2H]C(CCCCC)=C([2H])CC([2H])=C([2H])CC([2H])=C([2H])CC([2H])=C([2H])CCCC(=O)OC. The van der Waals surface area contributed by atoms with Crippen LogP contribution in [-0.2, 0) is 9.53 Å². The van der Waals surface area contributed by atoms with Crippen LogP contribution in [0.4, 0.5) is 0 Å². The average Bonchev–Trinajstić information content (AvgIpc) is 2.72. The number of methoxy groups -OCH3 is 1. The average molecular weight is 327 g/mol. The van der Waals surface area contributed by atoms with Gasteiger partial charge in [-0.2, -0.15) is 0 Å². The molecule has 0 rings (SSSR count). The largest absolute Gasteiger partial charge is 0.469 e. The second-order valence-corrected chi connectivity index (χ2v) is 4.83. The fourth-order valence-electron chi connectivity index (χ4n) is 1.57. The summed E-state index contributed by atoms with van der Waals surface area (Å²) < 4.78 is 67.9. The Morgan fingerprint density at radius 2 is 1.30 bits per heavy atom. The van der Waals surface area contributed by atoms with Crippen LogP contribution in [0.3, 0.4) is 0 Å². The molecule has 0 aliphatic heterocycles. The van der Waals surface area contributed by atoms with Gasteiger partial charge in [-0.3, -0.25) is 4.79 Å². The Kier molecular flexibility index (Phi) is 8.89. The Labute approximate surface area is 154 Å². The summed E-state index contributed by atoms with van der Waals surface area (Å²) in [6, 6.07) is -0.756. The maximum Gasteiger partial charge on any atom is 0.305 e. The third-order valence-corrected chi connectivity index (χ3v) is 2.85. The van der Waals surface area contributed by atoms with Gasteiger partial charge in [0.25, 0.3) is 0 Å². The van der Waals surface area contributed by atoms with Gasteiger partial charge >= 0.3 is 5.97 Å². The molecule has 0 spiro atoms. The van der Waals surface area contributed by atoms with E-state index >= 15 is 0 Å². The van der Waals surface area contributed by atoms with E-state index < -0.39 is 0 Å². The molecule has 23 heavy (non-hydrogen) atoms. The standard InChI is InChI=1S/C21H34O2/c1-3-4-5-6-7-8-9-10-11-12-13-14-15-16-17-18-19-20-21(22)23-2/h7-8,10-11,13-14,16-17H,3-6,9,12,15,18-20H2,1-2H3/i7D,8D,10D,11D,13D,14D,16D,17D. The van der Waals surface area contributed by atoms with Crippen LogP contribution in [0.25, 0.3) is 0 Å². The Balaban J connectivity index is 4.98. The summed E-state index contributed by atoms with van der Waals surface area (Å²) in [4.78, 5) is 11.1. The van der Waals surface area contributed by atoms with Crippen LogP contribution in [0.5, 0.6) is 0 Å². The highest BCUT2D eigenvalue weighted by molar-refractivity contribution is 5.69. The molecule has 0 fully saturated rings. The van der Waals surface area contributed by atoms with Crippen molar-refractivity contribution in [2.45, 2.75) is 71.1 Å². The number of carbonyl (C=O) groups excluding carboxylic acids is 1. The van der Waals surface area contributed by atoms with Crippen molar-refractivity contribution in [3.63, 3.8) is 0 Å². The molecule has 0 unspecified atom stereocenters. The Bertz CT molecular complexity index is 723. The molecule has 0 N–H and O–H groups in total. The van der Waals surface area contributed by atoms with Crippen LogP contribution in [0.15, 0.2) is 48.4 Å². The van der Waals surface area contributed by atoms with Crippen molar-refractivity contribution in [2.24, 2.45) is 0 Å². The lowest BCUT2D eigenvalue weighted by Gasteiger charge is -1.95. The Morgan fingerprint density at radius 1 is 0.826 bits per heavy atom. The van der Waals surface area contributed by atoms with Crippen molar-refractivity contribution in [2.75, 3.05) is 7.11 Å². The van der Waals surface area contributed by atoms with Crippen molar-refractivity contribution in [3.05, 3.63) is 48.4 Å². The van der Waals surface area contributed by atoms with E-state index in [1.165, 1.54) is 7.11 Å². The highest BCUT2D eigenvalue weighted by Crippen LogP contribution is 2.01. The summed E-state index contributed by atoms with van der Waals surface area (Å²) in [6.45, 7) is 2.05. The van der Waals surface area contributed by atoms with Crippen LogP contribution in [-0.4, -0.2) is 13.1 Å². The molecule has 2 heteroatoms. The van der Waals surface area contributed by atoms with Gasteiger partial charge < -0.3 is 4.74 Å².